The molecule has 0 aromatic heterocycles. The second-order valence-electron chi connectivity index (χ2n) is 3.26. The SMILES string of the molecule is C=CC(C)CN1CCNCC1. The van der Waals surface area contributed by atoms with Gasteiger partial charge >= 0.3 is 0 Å². The highest BCUT2D eigenvalue weighted by molar-refractivity contribution is 4.79. The number of hydrogen-bond acceptors (Lipinski definition) is 2. The van der Waals surface area contributed by atoms with E-state index in [1.165, 1.54) is 19.6 Å². The van der Waals surface area contributed by atoms with Crippen LogP contribution in [0.5, 0.6) is 0 Å². The number of nitrogens with one attached hydrogen (secondary N) is 1. The van der Waals surface area contributed by atoms with Crippen LogP contribution < -0.4 is 5.32 Å². The molecular formula is C9H18N2. The third-order valence-electron chi connectivity index (χ3n) is 2.16. The molecule has 64 valence electrons. The van der Waals surface area contributed by atoms with Crippen LogP contribution >= 0.6 is 0 Å². The van der Waals surface area contributed by atoms with Gasteiger partial charge in [0.25, 0.3) is 0 Å². The Kier molecular flexibility index (Phi) is 3.60. The van der Waals surface area contributed by atoms with Crippen LogP contribution in [0.15, 0.2) is 12.7 Å². The Morgan fingerprint density at radius 2 is 2.18 bits per heavy atom. The topological polar surface area (TPSA) is 15.3 Å². The van der Waals surface area contributed by atoms with E-state index in [-0.39, 0.29) is 0 Å². The Hall–Kier alpha value is -0.340. The lowest BCUT2D eigenvalue weighted by Gasteiger charge is -2.28. The van der Waals surface area contributed by atoms with Gasteiger partial charge < -0.3 is 10.2 Å². The van der Waals surface area contributed by atoms with Crippen molar-refractivity contribution < 1.29 is 0 Å². The monoisotopic (exact) mass is 154 g/mol. The van der Waals surface area contributed by atoms with Crippen molar-refractivity contribution in [2.24, 2.45) is 5.92 Å². The molecule has 0 bridgehead atoms. The van der Waals surface area contributed by atoms with E-state index >= 15 is 0 Å². The quantitative estimate of drug-likeness (QED) is 0.602. The molecule has 1 saturated heterocycles. The van der Waals surface area contributed by atoms with Gasteiger partial charge in [0.05, 0.1) is 0 Å². The summed E-state index contributed by atoms with van der Waals surface area (Å²) in [6, 6.07) is 0. The molecule has 1 atom stereocenters. The Morgan fingerprint density at radius 3 is 2.73 bits per heavy atom. The van der Waals surface area contributed by atoms with Gasteiger partial charge in [0, 0.05) is 32.7 Å². The van der Waals surface area contributed by atoms with E-state index in [2.05, 4.69) is 23.7 Å². The van der Waals surface area contributed by atoms with Crippen LogP contribution in [-0.2, 0) is 0 Å². The Morgan fingerprint density at radius 1 is 1.55 bits per heavy atom. The lowest BCUT2D eigenvalue weighted by atomic mass is 10.1. The van der Waals surface area contributed by atoms with Gasteiger partial charge in [0.15, 0.2) is 0 Å². The summed E-state index contributed by atoms with van der Waals surface area (Å²) in [5.41, 5.74) is 0. The molecule has 1 fully saturated rings. The molecule has 0 saturated carbocycles. The Balaban J connectivity index is 2.18. The highest BCUT2D eigenvalue weighted by Crippen LogP contribution is 2.01. The van der Waals surface area contributed by atoms with Crippen LogP contribution in [0.25, 0.3) is 0 Å². The van der Waals surface area contributed by atoms with E-state index in [0.29, 0.717) is 5.92 Å². The van der Waals surface area contributed by atoms with Crippen LogP contribution in [0.3, 0.4) is 0 Å². The fourth-order valence-corrected chi connectivity index (χ4v) is 1.38. The van der Waals surface area contributed by atoms with Crippen molar-refractivity contribution >= 4 is 0 Å². The van der Waals surface area contributed by atoms with Crippen molar-refractivity contribution in [1.29, 1.82) is 0 Å². The van der Waals surface area contributed by atoms with Crippen LogP contribution in [0, 0.1) is 5.92 Å². The average Bonchev–Trinajstić information content (AvgIpc) is 2.06. The van der Waals surface area contributed by atoms with Gasteiger partial charge in [-0.1, -0.05) is 13.0 Å². The minimum Gasteiger partial charge on any atom is -0.314 e. The van der Waals surface area contributed by atoms with Gasteiger partial charge in [-0.3, -0.25) is 0 Å². The molecule has 1 unspecified atom stereocenters. The average molecular weight is 154 g/mol. The highest BCUT2D eigenvalue weighted by atomic mass is 15.2. The molecular weight excluding hydrogens is 136 g/mol. The van der Waals surface area contributed by atoms with E-state index in [9.17, 15) is 0 Å². The largest absolute Gasteiger partial charge is 0.314 e. The first-order chi connectivity index (χ1) is 5.33. The normalized spacial score (nSPS) is 23.0. The molecule has 0 amide bonds. The molecule has 0 aromatic rings. The number of rotatable bonds is 3. The highest BCUT2D eigenvalue weighted by Gasteiger charge is 2.10. The zero-order chi connectivity index (χ0) is 8.10. The summed E-state index contributed by atoms with van der Waals surface area (Å²) in [4.78, 5) is 2.49. The first-order valence-electron chi connectivity index (χ1n) is 4.38. The van der Waals surface area contributed by atoms with E-state index in [1.807, 2.05) is 6.08 Å². The fourth-order valence-electron chi connectivity index (χ4n) is 1.38. The molecule has 0 radical (unpaired) electrons. The zero-order valence-corrected chi connectivity index (χ0v) is 7.34. The predicted molar refractivity (Wildman–Crippen MR) is 48.7 cm³/mol. The molecule has 1 N–H and O–H groups in total. The molecule has 11 heavy (non-hydrogen) atoms. The van der Waals surface area contributed by atoms with Crippen molar-refractivity contribution in [3.8, 4) is 0 Å². The third-order valence-corrected chi connectivity index (χ3v) is 2.16. The molecule has 1 aliphatic heterocycles. The number of nitrogens with zero attached hydrogens (tertiary/aromatic N) is 1. The molecule has 0 spiro atoms. The molecule has 1 heterocycles. The first-order valence-corrected chi connectivity index (χ1v) is 4.38. The lowest BCUT2D eigenvalue weighted by molar-refractivity contribution is 0.224. The summed E-state index contributed by atoms with van der Waals surface area (Å²) in [6.45, 7) is 11.8. The van der Waals surface area contributed by atoms with E-state index in [4.69, 9.17) is 0 Å². The Bertz CT molecular complexity index is 117. The predicted octanol–water partition coefficient (Wildman–Crippen LogP) is 0.714. The maximum atomic E-state index is 3.78. The summed E-state index contributed by atoms with van der Waals surface area (Å²) in [5.74, 6) is 0.632. The molecule has 1 aliphatic rings. The summed E-state index contributed by atoms with van der Waals surface area (Å²) >= 11 is 0. The van der Waals surface area contributed by atoms with Crippen molar-refractivity contribution in [2.75, 3.05) is 32.7 Å². The van der Waals surface area contributed by atoms with Gasteiger partial charge in [0.2, 0.25) is 0 Å². The van der Waals surface area contributed by atoms with Crippen molar-refractivity contribution in [2.45, 2.75) is 6.92 Å². The van der Waals surface area contributed by atoms with Crippen LogP contribution in [0.2, 0.25) is 0 Å². The van der Waals surface area contributed by atoms with Gasteiger partial charge in [-0.25, -0.2) is 0 Å². The van der Waals surface area contributed by atoms with Crippen LogP contribution in [0.1, 0.15) is 6.92 Å². The standard InChI is InChI=1S/C9H18N2/c1-3-9(2)8-11-6-4-10-5-7-11/h3,9-10H,1,4-8H2,2H3. The second-order valence-corrected chi connectivity index (χ2v) is 3.26. The minimum absolute atomic E-state index is 0.632. The van der Waals surface area contributed by atoms with Gasteiger partial charge in [-0.15, -0.1) is 6.58 Å². The maximum absolute atomic E-state index is 3.78. The van der Waals surface area contributed by atoms with Gasteiger partial charge in [0.1, 0.15) is 0 Å². The number of hydrogen-bond donors (Lipinski definition) is 1. The molecule has 2 heteroatoms. The zero-order valence-electron chi connectivity index (χ0n) is 7.34. The molecule has 1 rings (SSSR count). The van der Waals surface area contributed by atoms with E-state index in [1.54, 1.807) is 0 Å². The third kappa shape index (κ3) is 3.04. The van der Waals surface area contributed by atoms with Crippen LogP contribution in [0.4, 0.5) is 0 Å². The summed E-state index contributed by atoms with van der Waals surface area (Å²) < 4.78 is 0. The lowest BCUT2D eigenvalue weighted by Crippen LogP contribution is -2.44. The second kappa shape index (κ2) is 4.52. The van der Waals surface area contributed by atoms with Crippen molar-refractivity contribution in [3.05, 3.63) is 12.7 Å². The van der Waals surface area contributed by atoms with Gasteiger partial charge in [-0.2, -0.15) is 0 Å². The minimum atomic E-state index is 0.632. The summed E-state index contributed by atoms with van der Waals surface area (Å²) in [5, 5.41) is 3.34. The fraction of sp³-hybridized carbons (Fsp3) is 0.778. The Labute approximate surface area is 69.3 Å². The van der Waals surface area contributed by atoms with E-state index < -0.39 is 0 Å². The van der Waals surface area contributed by atoms with Gasteiger partial charge in [-0.05, 0) is 5.92 Å². The smallest absolute Gasteiger partial charge is 0.0108 e. The molecule has 0 aromatic carbocycles. The summed E-state index contributed by atoms with van der Waals surface area (Å²) in [6.07, 6.45) is 2.03. The van der Waals surface area contributed by atoms with Crippen molar-refractivity contribution in [1.82, 2.24) is 10.2 Å². The summed E-state index contributed by atoms with van der Waals surface area (Å²) in [7, 11) is 0. The first kappa shape index (κ1) is 8.75. The maximum Gasteiger partial charge on any atom is 0.0108 e. The molecule has 0 aliphatic carbocycles. The molecule has 2 nitrogen and oxygen atoms in total. The van der Waals surface area contributed by atoms with Crippen LogP contribution in [-0.4, -0.2) is 37.6 Å². The van der Waals surface area contributed by atoms with Crippen molar-refractivity contribution in [3.63, 3.8) is 0 Å². The number of piperazine rings is 1. The van der Waals surface area contributed by atoms with E-state index in [0.717, 1.165) is 13.1 Å².